The Kier molecular flexibility index (Phi) is 3.76. The zero-order valence-electron chi connectivity index (χ0n) is 10.6. The Bertz CT molecular complexity index is 384. The summed E-state index contributed by atoms with van der Waals surface area (Å²) in [5.41, 5.74) is 7.75. The predicted molar refractivity (Wildman–Crippen MR) is 73.3 cm³/mol. The first kappa shape index (κ1) is 12.9. The molecule has 0 heterocycles. The molecule has 3 heteroatoms. The SMILES string of the molecule is CN(C)C1(C(N)c2cccc(Cl)c2)CCCC1. The Morgan fingerprint density at radius 3 is 2.47 bits per heavy atom. The Morgan fingerprint density at radius 1 is 1.29 bits per heavy atom. The lowest BCUT2D eigenvalue weighted by molar-refractivity contribution is 0.123. The quantitative estimate of drug-likeness (QED) is 0.895. The van der Waals surface area contributed by atoms with Crippen molar-refractivity contribution in [1.82, 2.24) is 4.90 Å². The summed E-state index contributed by atoms with van der Waals surface area (Å²) in [5.74, 6) is 0. The Labute approximate surface area is 109 Å². The number of hydrogen-bond donors (Lipinski definition) is 1. The van der Waals surface area contributed by atoms with E-state index >= 15 is 0 Å². The minimum Gasteiger partial charge on any atom is -0.322 e. The highest BCUT2D eigenvalue weighted by molar-refractivity contribution is 6.30. The Morgan fingerprint density at radius 2 is 1.94 bits per heavy atom. The number of hydrogen-bond acceptors (Lipinski definition) is 2. The van der Waals surface area contributed by atoms with Crippen molar-refractivity contribution in [1.29, 1.82) is 0 Å². The van der Waals surface area contributed by atoms with Crippen molar-refractivity contribution >= 4 is 11.6 Å². The highest BCUT2D eigenvalue weighted by Crippen LogP contribution is 2.42. The van der Waals surface area contributed by atoms with E-state index in [0.29, 0.717) is 0 Å². The molecule has 2 N–H and O–H groups in total. The van der Waals surface area contributed by atoms with E-state index in [-0.39, 0.29) is 11.6 Å². The van der Waals surface area contributed by atoms with Gasteiger partial charge in [-0.25, -0.2) is 0 Å². The van der Waals surface area contributed by atoms with Crippen molar-refractivity contribution < 1.29 is 0 Å². The van der Waals surface area contributed by atoms with Crippen LogP contribution in [0.1, 0.15) is 37.3 Å². The molecule has 1 saturated carbocycles. The standard InChI is InChI=1S/C14H21ClN2/c1-17(2)14(8-3-4-9-14)13(16)11-6-5-7-12(15)10-11/h5-7,10,13H,3-4,8-9,16H2,1-2H3. The number of likely N-dealkylation sites (N-methyl/N-ethyl adjacent to an activating group) is 1. The smallest absolute Gasteiger partial charge is 0.0482 e. The van der Waals surface area contributed by atoms with Crippen LogP contribution in [-0.4, -0.2) is 24.5 Å². The van der Waals surface area contributed by atoms with Crippen LogP contribution in [0.15, 0.2) is 24.3 Å². The zero-order chi connectivity index (χ0) is 12.5. The lowest BCUT2D eigenvalue weighted by Crippen LogP contribution is -2.50. The first-order valence-corrected chi connectivity index (χ1v) is 6.62. The van der Waals surface area contributed by atoms with E-state index in [9.17, 15) is 0 Å². The Balaban J connectivity index is 2.31. The van der Waals surface area contributed by atoms with Crippen LogP contribution in [0.4, 0.5) is 0 Å². The Hall–Kier alpha value is -0.570. The number of benzene rings is 1. The van der Waals surface area contributed by atoms with Gasteiger partial charge >= 0.3 is 0 Å². The highest BCUT2D eigenvalue weighted by Gasteiger charge is 2.42. The van der Waals surface area contributed by atoms with Crippen LogP contribution in [0.25, 0.3) is 0 Å². The van der Waals surface area contributed by atoms with Gasteiger partial charge in [0.05, 0.1) is 0 Å². The number of nitrogens with zero attached hydrogens (tertiary/aromatic N) is 1. The van der Waals surface area contributed by atoms with Gasteiger partial charge in [-0.3, -0.25) is 0 Å². The summed E-state index contributed by atoms with van der Waals surface area (Å²) in [4.78, 5) is 2.30. The van der Waals surface area contributed by atoms with Gasteiger partial charge in [0.25, 0.3) is 0 Å². The van der Waals surface area contributed by atoms with Crippen molar-refractivity contribution in [2.24, 2.45) is 5.73 Å². The van der Waals surface area contributed by atoms with Gasteiger partial charge in [0.2, 0.25) is 0 Å². The van der Waals surface area contributed by atoms with Crippen molar-refractivity contribution in [2.45, 2.75) is 37.3 Å². The molecule has 0 aromatic heterocycles. The van der Waals surface area contributed by atoms with E-state index in [1.807, 2.05) is 18.2 Å². The third-order valence-electron chi connectivity index (χ3n) is 4.15. The van der Waals surface area contributed by atoms with E-state index in [1.54, 1.807) is 0 Å². The van der Waals surface area contributed by atoms with E-state index in [2.05, 4.69) is 25.1 Å². The van der Waals surface area contributed by atoms with Crippen LogP contribution in [0.5, 0.6) is 0 Å². The molecule has 1 atom stereocenters. The fourth-order valence-electron chi connectivity index (χ4n) is 3.03. The second kappa shape index (κ2) is 4.97. The summed E-state index contributed by atoms with van der Waals surface area (Å²) in [5, 5.41) is 0.768. The molecule has 1 unspecified atom stereocenters. The lowest BCUT2D eigenvalue weighted by Gasteiger charge is -2.41. The number of nitrogens with two attached hydrogens (primary N) is 1. The van der Waals surface area contributed by atoms with Crippen molar-refractivity contribution in [3.8, 4) is 0 Å². The molecular weight excluding hydrogens is 232 g/mol. The van der Waals surface area contributed by atoms with E-state index in [4.69, 9.17) is 17.3 Å². The monoisotopic (exact) mass is 252 g/mol. The molecule has 0 spiro atoms. The fourth-order valence-corrected chi connectivity index (χ4v) is 3.23. The molecule has 0 saturated heterocycles. The van der Waals surface area contributed by atoms with E-state index < -0.39 is 0 Å². The second-order valence-electron chi connectivity index (χ2n) is 5.24. The summed E-state index contributed by atoms with van der Waals surface area (Å²) in [6.07, 6.45) is 4.89. The fraction of sp³-hybridized carbons (Fsp3) is 0.571. The average Bonchev–Trinajstić information content (AvgIpc) is 2.78. The first-order chi connectivity index (χ1) is 8.06. The van der Waals surface area contributed by atoms with Gasteiger partial charge in [-0.15, -0.1) is 0 Å². The molecule has 1 aliphatic rings. The van der Waals surface area contributed by atoms with Gasteiger partial charge in [0.15, 0.2) is 0 Å². The van der Waals surface area contributed by atoms with Crippen molar-refractivity contribution in [3.63, 3.8) is 0 Å². The molecule has 0 aliphatic heterocycles. The molecule has 0 amide bonds. The molecule has 1 fully saturated rings. The number of halogens is 1. The molecule has 17 heavy (non-hydrogen) atoms. The molecular formula is C14H21ClN2. The molecule has 0 radical (unpaired) electrons. The molecule has 1 aromatic carbocycles. The largest absolute Gasteiger partial charge is 0.322 e. The van der Waals surface area contributed by atoms with Crippen LogP contribution in [0, 0.1) is 0 Å². The van der Waals surface area contributed by atoms with E-state index in [1.165, 1.54) is 25.7 Å². The average molecular weight is 253 g/mol. The van der Waals surface area contributed by atoms with Crippen LogP contribution < -0.4 is 5.73 Å². The minimum atomic E-state index is 0.0405. The predicted octanol–water partition coefficient (Wildman–Crippen LogP) is 3.21. The molecule has 1 aromatic rings. The van der Waals surface area contributed by atoms with Gasteiger partial charge in [-0.2, -0.15) is 0 Å². The maximum atomic E-state index is 6.50. The minimum absolute atomic E-state index is 0.0405. The van der Waals surface area contributed by atoms with Crippen LogP contribution in [0.2, 0.25) is 5.02 Å². The van der Waals surface area contributed by atoms with Gasteiger partial charge in [0.1, 0.15) is 0 Å². The summed E-state index contributed by atoms with van der Waals surface area (Å²) < 4.78 is 0. The molecule has 2 nitrogen and oxygen atoms in total. The maximum Gasteiger partial charge on any atom is 0.0482 e. The first-order valence-electron chi connectivity index (χ1n) is 6.25. The van der Waals surface area contributed by atoms with Gasteiger partial charge in [0, 0.05) is 16.6 Å². The zero-order valence-corrected chi connectivity index (χ0v) is 11.4. The van der Waals surface area contributed by atoms with Gasteiger partial charge < -0.3 is 10.6 Å². The van der Waals surface area contributed by atoms with Crippen LogP contribution in [0.3, 0.4) is 0 Å². The summed E-state index contributed by atoms with van der Waals surface area (Å²) >= 11 is 6.05. The maximum absolute atomic E-state index is 6.50. The molecule has 1 aliphatic carbocycles. The summed E-state index contributed by atoms with van der Waals surface area (Å²) in [7, 11) is 4.27. The second-order valence-corrected chi connectivity index (χ2v) is 5.67. The highest BCUT2D eigenvalue weighted by atomic mass is 35.5. The number of rotatable bonds is 3. The topological polar surface area (TPSA) is 29.3 Å². The van der Waals surface area contributed by atoms with Crippen LogP contribution in [-0.2, 0) is 0 Å². The van der Waals surface area contributed by atoms with Gasteiger partial charge in [-0.05, 0) is 44.6 Å². The third kappa shape index (κ3) is 2.35. The van der Waals surface area contributed by atoms with Crippen molar-refractivity contribution in [2.75, 3.05) is 14.1 Å². The normalized spacial score (nSPS) is 20.8. The van der Waals surface area contributed by atoms with Crippen molar-refractivity contribution in [3.05, 3.63) is 34.9 Å². The summed E-state index contributed by atoms with van der Waals surface area (Å²) in [6, 6.07) is 8.00. The molecule has 0 bridgehead atoms. The van der Waals surface area contributed by atoms with Gasteiger partial charge in [-0.1, -0.05) is 36.6 Å². The third-order valence-corrected chi connectivity index (χ3v) is 4.38. The van der Waals surface area contributed by atoms with E-state index in [0.717, 1.165) is 10.6 Å². The lowest BCUT2D eigenvalue weighted by atomic mass is 9.83. The van der Waals surface area contributed by atoms with Crippen LogP contribution >= 0.6 is 11.6 Å². The summed E-state index contributed by atoms with van der Waals surface area (Å²) in [6.45, 7) is 0. The molecule has 2 rings (SSSR count). The molecule has 94 valence electrons.